The highest BCUT2D eigenvalue weighted by Crippen LogP contribution is 2.46. The number of rotatable bonds is 6. The third kappa shape index (κ3) is 2.78. The van der Waals surface area contributed by atoms with E-state index in [1.54, 1.807) is 6.92 Å². The van der Waals surface area contributed by atoms with Crippen LogP contribution in [0.2, 0.25) is 0 Å². The molecule has 0 aromatic heterocycles. The molecule has 0 aromatic carbocycles. The molecule has 3 atom stereocenters. The summed E-state index contributed by atoms with van der Waals surface area (Å²) in [7, 11) is 0. The molecule has 1 aliphatic carbocycles. The third-order valence-corrected chi connectivity index (χ3v) is 3.43. The summed E-state index contributed by atoms with van der Waals surface area (Å²) >= 11 is 0. The quantitative estimate of drug-likeness (QED) is 0.539. The van der Waals surface area contributed by atoms with Gasteiger partial charge in [0.25, 0.3) is 0 Å². The van der Waals surface area contributed by atoms with Crippen LogP contribution in [0.25, 0.3) is 0 Å². The van der Waals surface area contributed by atoms with Crippen molar-refractivity contribution in [1.82, 2.24) is 10.2 Å². The maximum absolute atomic E-state index is 11.9. The Balaban J connectivity index is 2.01. The average Bonchev–Trinajstić information content (AvgIpc) is 3.08. The van der Waals surface area contributed by atoms with Gasteiger partial charge in [-0.15, -0.1) is 0 Å². The predicted molar refractivity (Wildman–Crippen MR) is 67.0 cm³/mol. The summed E-state index contributed by atoms with van der Waals surface area (Å²) in [4.78, 5) is 36.8. The van der Waals surface area contributed by atoms with Crippen LogP contribution in [-0.4, -0.2) is 47.9 Å². The Morgan fingerprint density at radius 2 is 1.95 bits per heavy atom. The molecule has 6 heteroatoms. The Morgan fingerprint density at radius 1 is 1.37 bits per heavy atom. The number of carbonyl (C=O) groups excluding carboxylic acids is 3. The highest BCUT2D eigenvalue weighted by molar-refractivity contribution is 6.09. The van der Waals surface area contributed by atoms with E-state index in [0.29, 0.717) is 6.42 Å². The van der Waals surface area contributed by atoms with Crippen molar-refractivity contribution < 1.29 is 19.1 Å². The second kappa shape index (κ2) is 5.28. The van der Waals surface area contributed by atoms with E-state index < -0.39 is 12.0 Å². The van der Waals surface area contributed by atoms with Gasteiger partial charge in [-0.1, -0.05) is 13.8 Å². The highest BCUT2D eigenvalue weighted by atomic mass is 16.5. The van der Waals surface area contributed by atoms with Crippen LogP contribution < -0.4 is 5.32 Å². The number of fused-ring (bicyclic) bond motifs is 1. The minimum absolute atomic E-state index is 0.0664. The Morgan fingerprint density at radius 3 is 2.42 bits per heavy atom. The van der Waals surface area contributed by atoms with Crippen LogP contribution >= 0.6 is 0 Å². The minimum atomic E-state index is -0.648. The lowest BCUT2D eigenvalue weighted by Gasteiger charge is -2.25. The van der Waals surface area contributed by atoms with Crippen molar-refractivity contribution in [3.05, 3.63) is 0 Å². The van der Waals surface area contributed by atoms with Gasteiger partial charge in [-0.25, -0.2) is 0 Å². The van der Waals surface area contributed by atoms with E-state index in [9.17, 15) is 14.4 Å². The number of carbonyl (C=O) groups is 3. The Hall–Kier alpha value is -1.43. The molecule has 0 radical (unpaired) electrons. The fourth-order valence-corrected chi connectivity index (χ4v) is 2.45. The third-order valence-electron chi connectivity index (χ3n) is 3.43. The summed E-state index contributed by atoms with van der Waals surface area (Å²) in [5.74, 6) is -0.967. The van der Waals surface area contributed by atoms with E-state index in [-0.39, 0.29) is 42.8 Å². The highest BCUT2D eigenvalue weighted by Gasteiger charge is 2.59. The molecule has 0 spiro atoms. The normalized spacial score (nSPS) is 26.6. The number of nitrogens with one attached hydrogen (secondary N) is 1. The van der Waals surface area contributed by atoms with E-state index in [1.807, 2.05) is 13.8 Å². The molecule has 1 heterocycles. The number of hydrogen-bond acceptors (Lipinski definition) is 5. The minimum Gasteiger partial charge on any atom is -0.465 e. The number of esters is 1. The second-order valence-electron chi connectivity index (χ2n) is 5.36. The predicted octanol–water partition coefficient (Wildman–Crippen LogP) is -0.0790. The molecule has 1 saturated carbocycles. The molecule has 1 aliphatic heterocycles. The summed E-state index contributed by atoms with van der Waals surface area (Å²) in [5.41, 5.74) is 0. The number of nitrogens with zero attached hydrogens (tertiary/aromatic N) is 1. The lowest BCUT2D eigenvalue weighted by molar-refractivity contribution is -0.148. The van der Waals surface area contributed by atoms with Gasteiger partial charge in [-0.05, 0) is 13.3 Å². The van der Waals surface area contributed by atoms with E-state index in [4.69, 9.17) is 4.74 Å². The Kier molecular flexibility index (Phi) is 3.89. The van der Waals surface area contributed by atoms with Crippen LogP contribution in [0.5, 0.6) is 0 Å². The van der Waals surface area contributed by atoms with E-state index in [1.165, 1.54) is 4.90 Å². The molecule has 0 aromatic rings. The summed E-state index contributed by atoms with van der Waals surface area (Å²) in [6, 6.07) is -0.581. The van der Waals surface area contributed by atoms with Crippen molar-refractivity contribution in [3.8, 4) is 0 Å². The van der Waals surface area contributed by atoms with Gasteiger partial charge in [0.1, 0.15) is 6.04 Å². The van der Waals surface area contributed by atoms with Gasteiger partial charge in [0, 0.05) is 6.04 Å². The molecule has 6 nitrogen and oxygen atoms in total. The first-order valence-electron chi connectivity index (χ1n) is 6.73. The molecule has 2 aliphatic rings. The summed E-state index contributed by atoms with van der Waals surface area (Å²) < 4.78 is 4.97. The summed E-state index contributed by atoms with van der Waals surface area (Å²) in [6.07, 6.45) is 0.676. The number of piperidine rings is 1. The molecule has 2 fully saturated rings. The van der Waals surface area contributed by atoms with Crippen LogP contribution in [0.4, 0.5) is 0 Å². The molecule has 2 rings (SSSR count). The van der Waals surface area contributed by atoms with Crippen molar-refractivity contribution in [1.29, 1.82) is 0 Å². The summed E-state index contributed by atoms with van der Waals surface area (Å²) in [5, 5.41) is 3.04. The number of hydrogen-bond donors (Lipinski definition) is 1. The number of imide groups is 1. The Labute approximate surface area is 112 Å². The molecule has 2 amide bonds. The van der Waals surface area contributed by atoms with Crippen molar-refractivity contribution in [3.63, 3.8) is 0 Å². The first kappa shape index (κ1) is 14.0. The molecular formula is C13H20N2O4. The van der Waals surface area contributed by atoms with Gasteiger partial charge in [0.05, 0.1) is 25.0 Å². The van der Waals surface area contributed by atoms with Gasteiger partial charge in [-0.2, -0.15) is 0 Å². The van der Waals surface area contributed by atoms with Gasteiger partial charge in [0.2, 0.25) is 11.8 Å². The van der Waals surface area contributed by atoms with Crippen molar-refractivity contribution in [2.24, 2.45) is 11.8 Å². The molecule has 3 unspecified atom stereocenters. The number of ether oxygens (including phenoxy) is 1. The van der Waals surface area contributed by atoms with E-state index in [0.717, 1.165) is 0 Å². The first-order chi connectivity index (χ1) is 8.95. The largest absolute Gasteiger partial charge is 0.465 e. The fraction of sp³-hybridized carbons (Fsp3) is 0.769. The van der Waals surface area contributed by atoms with Gasteiger partial charge >= 0.3 is 5.97 Å². The summed E-state index contributed by atoms with van der Waals surface area (Å²) in [6.45, 7) is 5.88. The Bertz CT molecular complexity index is 387. The molecule has 0 bridgehead atoms. The van der Waals surface area contributed by atoms with E-state index >= 15 is 0 Å². The smallest absolute Gasteiger partial charge is 0.325 e. The van der Waals surface area contributed by atoms with Crippen LogP contribution in [0, 0.1) is 11.8 Å². The zero-order chi connectivity index (χ0) is 14.2. The molecule has 106 valence electrons. The molecule has 19 heavy (non-hydrogen) atoms. The zero-order valence-electron chi connectivity index (χ0n) is 11.5. The molecule has 1 N–H and O–H groups in total. The lowest BCUT2D eigenvalue weighted by atomic mass is 10.2. The number of likely N-dealkylation sites (tertiary alicyclic amines) is 1. The van der Waals surface area contributed by atoms with Crippen molar-refractivity contribution in [2.45, 2.75) is 39.3 Å². The lowest BCUT2D eigenvalue weighted by Crippen LogP contribution is -2.51. The van der Waals surface area contributed by atoms with Crippen molar-refractivity contribution >= 4 is 17.8 Å². The topological polar surface area (TPSA) is 75.7 Å². The zero-order valence-corrected chi connectivity index (χ0v) is 11.5. The van der Waals surface area contributed by atoms with Crippen LogP contribution in [0.1, 0.15) is 27.2 Å². The maximum atomic E-state index is 11.9. The van der Waals surface area contributed by atoms with Crippen LogP contribution in [0.15, 0.2) is 0 Å². The molecular weight excluding hydrogens is 248 g/mol. The van der Waals surface area contributed by atoms with Crippen LogP contribution in [0.3, 0.4) is 0 Å². The van der Waals surface area contributed by atoms with Gasteiger partial charge in [0.15, 0.2) is 0 Å². The van der Waals surface area contributed by atoms with Gasteiger partial charge in [-0.3, -0.25) is 19.3 Å². The fourth-order valence-electron chi connectivity index (χ4n) is 2.45. The van der Waals surface area contributed by atoms with Gasteiger partial charge < -0.3 is 10.1 Å². The molecule has 1 saturated heterocycles. The SMILES string of the molecule is CCOC(=O)C(CN1C(=O)C2CC2C1=O)NC(C)C. The standard InChI is InChI=1S/C13H20N2O4/c1-4-19-13(18)10(14-7(2)3)6-15-11(16)8-5-9(8)12(15)17/h7-10,14H,4-6H2,1-3H3. The van der Waals surface area contributed by atoms with E-state index in [2.05, 4.69) is 5.32 Å². The van der Waals surface area contributed by atoms with Crippen LogP contribution in [-0.2, 0) is 19.1 Å². The number of amides is 2. The first-order valence-corrected chi connectivity index (χ1v) is 6.73. The maximum Gasteiger partial charge on any atom is 0.325 e. The van der Waals surface area contributed by atoms with Crippen molar-refractivity contribution in [2.75, 3.05) is 13.2 Å². The second-order valence-corrected chi connectivity index (χ2v) is 5.36. The monoisotopic (exact) mass is 268 g/mol. The average molecular weight is 268 g/mol.